The van der Waals surface area contributed by atoms with Crippen LogP contribution in [-0.4, -0.2) is 43.8 Å². The third kappa shape index (κ3) is 4.59. The van der Waals surface area contributed by atoms with E-state index in [0.29, 0.717) is 12.5 Å². The van der Waals surface area contributed by atoms with Crippen LogP contribution in [-0.2, 0) is 21.0 Å². The lowest BCUT2D eigenvalue weighted by molar-refractivity contribution is -0.137. The number of hydrogen-bond donors (Lipinski definition) is 2. The van der Waals surface area contributed by atoms with Crippen molar-refractivity contribution in [3.8, 4) is 0 Å². The van der Waals surface area contributed by atoms with Gasteiger partial charge in [0.25, 0.3) is 0 Å². The lowest BCUT2D eigenvalue weighted by Gasteiger charge is -2.23. The Morgan fingerprint density at radius 3 is 2.69 bits per heavy atom. The van der Waals surface area contributed by atoms with E-state index in [0.717, 1.165) is 31.4 Å². The zero-order chi connectivity index (χ0) is 21.4. The number of sulfonamides is 1. The predicted octanol–water partition coefficient (Wildman–Crippen LogP) is 2.35. The fraction of sp³-hybridized carbons (Fsp3) is 0.632. The summed E-state index contributed by atoms with van der Waals surface area (Å²) in [7, 11) is -4.04. The largest absolute Gasteiger partial charge is 0.416 e. The first-order chi connectivity index (χ1) is 13.5. The minimum absolute atomic E-state index is 0.0617. The van der Waals surface area contributed by atoms with Crippen molar-refractivity contribution >= 4 is 15.9 Å². The average molecular weight is 433 g/mol. The molecule has 1 aliphatic carbocycles. The first-order valence-corrected chi connectivity index (χ1v) is 11.2. The van der Waals surface area contributed by atoms with Gasteiger partial charge in [0.2, 0.25) is 15.9 Å². The summed E-state index contributed by atoms with van der Waals surface area (Å²) >= 11 is 0. The number of alkyl halides is 3. The maximum atomic E-state index is 13.0. The van der Waals surface area contributed by atoms with E-state index in [1.165, 1.54) is 10.4 Å². The normalized spacial score (nSPS) is 26.3. The molecule has 3 N–H and O–H groups in total. The molecule has 29 heavy (non-hydrogen) atoms. The summed E-state index contributed by atoms with van der Waals surface area (Å²) in [5.74, 6) is -0.228. The Balaban J connectivity index is 1.72. The first kappa shape index (κ1) is 22.0. The number of nitrogens with zero attached hydrogens (tertiary/aromatic N) is 1. The summed E-state index contributed by atoms with van der Waals surface area (Å²) in [6.07, 6.45) is -1.75. The molecule has 3 rings (SSSR count). The van der Waals surface area contributed by atoms with Crippen LogP contribution >= 0.6 is 0 Å². The van der Waals surface area contributed by atoms with Crippen LogP contribution in [0.3, 0.4) is 0 Å². The second-order valence-electron chi connectivity index (χ2n) is 7.86. The van der Waals surface area contributed by atoms with Gasteiger partial charge in [-0.25, -0.2) is 8.42 Å². The van der Waals surface area contributed by atoms with Crippen molar-refractivity contribution < 1.29 is 26.4 Å². The smallest absolute Gasteiger partial charge is 0.352 e. The number of rotatable bonds is 6. The van der Waals surface area contributed by atoms with Gasteiger partial charge >= 0.3 is 6.18 Å². The van der Waals surface area contributed by atoms with Crippen molar-refractivity contribution in [3.05, 3.63) is 29.8 Å². The standard InChI is InChI=1S/C19H26F3N3O3S/c1-2-4-16(23)18(26)24-17-8-7-12-10-25(11-15(12)17)29(27,28)14-6-3-5-13(9-14)19(20,21)22/h3,5-6,9,12,15-17H,2,4,7-8,10-11,23H2,1H3,(H,24,26)/t12-,15?,16+,17?/m1/s1. The topological polar surface area (TPSA) is 92.5 Å². The molecule has 1 heterocycles. The van der Waals surface area contributed by atoms with Crippen LogP contribution in [0.2, 0.25) is 0 Å². The van der Waals surface area contributed by atoms with Crippen molar-refractivity contribution in [2.45, 2.75) is 55.8 Å². The second-order valence-corrected chi connectivity index (χ2v) is 9.80. The van der Waals surface area contributed by atoms with Crippen LogP contribution in [0.1, 0.15) is 38.2 Å². The molecule has 1 aromatic rings. The number of carbonyl (C=O) groups is 1. The highest BCUT2D eigenvalue weighted by Crippen LogP contribution is 2.40. The quantitative estimate of drug-likeness (QED) is 0.720. The number of hydrogen-bond acceptors (Lipinski definition) is 4. The van der Waals surface area contributed by atoms with Gasteiger partial charge < -0.3 is 11.1 Å². The number of carbonyl (C=O) groups excluding carboxylic acids is 1. The highest BCUT2D eigenvalue weighted by Gasteiger charge is 2.47. The molecule has 0 spiro atoms. The van der Waals surface area contributed by atoms with Gasteiger partial charge in [-0.15, -0.1) is 0 Å². The number of nitrogens with two attached hydrogens (primary N) is 1. The number of benzene rings is 1. The third-order valence-electron chi connectivity index (χ3n) is 5.89. The molecule has 1 aromatic carbocycles. The van der Waals surface area contributed by atoms with E-state index in [2.05, 4.69) is 5.32 Å². The number of halogens is 3. The minimum atomic E-state index is -4.61. The summed E-state index contributed by atoms with van der Waals surface area (Å²) in [6.45, 7) is 2.36. The molecule has 2 unspecified atom stereocenters. The lowest BCUT2D eigenvalue weighted by Crippen LogP contribution is -2.47. The van der Waals surface area contributed by atoms with E-state index < -0.39 is 27.8 Å². The van der Waals surface area contributed by atoms with E-state index in [-0.39, 0.29) is 41.8 Å². The van der Waals surface area contributed by atoms with Gasteiger partial charge in [-0.3, -0.25) is 4.79 Å². The summed E-state index contributed by atoms with van der Waals surface area (Å²) < 4.78 is 65.9. The summed E-state index contributed by atoms with van der Waals surface area (Å²) in [5, 5.41) is 2.94. The van der Waals surface area contributed by atoms with E-state index in [1.54, 1.807) is 0 Å². The van der Waals surface area contributed by atoms with Crippen molar-refractivity contribution in [2.75, 3.05) is 13.1 Å². The van der Waals surface area contributed by atoms with Crippen LogP contribution in [0.25, 0.3) is 0 Å². The zero-order valence-corrected chi connectivity index (χ0v) is 17.0. The van der Waals surface area contributed by atoms with Crippen molar-refractivity contribution in [3.63, 3.8) is 0 Å². The van der Waals surface area contributed by atoms with E-state index in [4.69, 9.17) is 5.73 Å². The predicted molar refractivity (Wildman–Crippen MR) is 101 cm³/mol. The molecule has 1 saturated heterocycles. The van der Waals surface area contributed by atoms with Crippen LogP contribution in [0, 0.1) is 11.8 Å². The fourth-order valence-electron chi connectivity index (χ4n) is 4.31. The van der Waals surface area contributed by atoms with E-state index in [1.807, 2.05) is 6.92 Å². The van der Waals surface area contributed by atoms with Gasteiger partial charge in [-0.1, -0.05) is 19.4 Å². The summed E-state index contributed by atoms with van der Waals surface area (Å²) in [5.41, 5.74) is 4.86. The van der Waals surface area contributed by atoms with E-state index in [9.17, 15) is 26.4 Å². The highest BCUT2D eigenvalue weighted by atomic mass is 32.2. The van der Waals surface area contributed by atoms with Crippen molar-refractivity contribution in [1.29, 1.82) is 0 Å². The molecule has 6 nitrogen and oxygen atoms in total. The Bertz CT molecular complexity index is 860. The molecule has 0 radical (unpaired) electrons. The first-order valence-electron chi connectivity index (χ1n) is 9.77. The van der Waals surface area contributed by atoms with E-state index >= 15 is 0 Å². The van der Waals surface area contributed by atoms with Crippen LogP contribution in [0.5, 0.6) is 0 Å². The van der Waals surface area contributed by atoms with Gasteiger partial charge in [-0.2, -0.15) is 17.5 Å². The highest BCUT2D eigenvalue weighted by molar-refractivity contribution is 7.89. The number of fused-ring (bicyclic) bond motifs is 1. The zero-order valence-electron chi connectivity index (χ0n) is 16.2. The average Bonchev–Trinajstić information content (AvgIpc) is 3.24. The molecule has 1 aliphatic heterocycles. The molecule has 0 aromatic heterocycles. The van der Waals surface area contributed by atoms with Gasteiger partial charge in [0, 0.05) is 19.1 Å². The Morgan fingerprint density at radius 1 is 1.31 bits per heavy atom. The Hall–Kier alpha value is -1.65. The van der Waals surface area contributed by atoms with Gasteiger partial charge in [0.1, 0.15) is 0 Å². The molecular weight excluding hydrogens is 407 g/mol. The number of amides is 1. The molecular formula is C19H26F3N3O3S. The van der Waals surface area contributed by atoms with Crippen LogP contribution in [0.15, 0.2) is 29.2 Å². The maximum absolute atomic E-state index is 13.0. The molecule has 1 saturated carbocycles. The lowest BCUT2D eigenvalue weighted by atomic mass is 9.97. The van der Waals surface area contributed by atoms with Gasteiger partial charge in [0.05, 0.1) is 16.5 Å². The monoisotopic (exact) mass is 433 g/mol. The summed E-state index contributed by atoms with van der Waals surface area (Å²) in [4.78, 5) is 11.9. The van der Waals surface area contributed by atoms with Gasteiger partial charge in [0.15, 0.2) is 0 Å². The molecule has 0 bridgehead atoms. The number of nitrogens with one attached hydrogen (secondary N) is 1. The molecule has 2 fully saturated rings. The Morgan fingerprint density at radius 2 is 2.03 bits per heavy atom. The fourth-order valence-corrected chi connectivity index (χ4v) is 5.89. The Kier molecular flexibility index (Phi) is 6.26. The maximum Gasteiger partial charge on any atom is 0.416 e. The van der Waals surface area contributed by atoms with Crippen LogP contribution in [0.4, 0.5) is 13.2 Å². The van der Waals surface area contributed by atoms with Crippen LogP contribution < -0.4 is 11.1 Å². The third-order valence-corrected chi connectivity index (χ3v) is 7.71. The minimum Gasteiger partial charge on any atom is -0.352 e. The summed E-state index contributed by atoms with van der Waals surface area (Å²) in [6, 6.07) is 3.05. The SMILES string of the molecule is CCC[C@H](N)C(=O)NC1CC[C@@H]2CN(S(=O)(=O)c3cccc(C(F)(F)F)c3)CC12. The molecule has 4 atom stereocenters. The molecule has 162 valence electrons. The second kappa shape index (κ2) is 8.23. The molecule has 1 amide bonds. The molecule has 10 heteroatoms. The van der Waals surface area contributed by atoms with Crippen molar-refractivity contribution in [2.24, 2.45) is 17.6 Å². The van der Waals surface area contributed by atoms with Crippen molar-refractivity contribution in [1.82, 2.24) is 9.62 Å². The Labute approximate surface area is 168 Å². The molecule has 2 aliphatic rings. The van der Waals surface area contributed by atoms with Gasteiger partial charge in [-0.05, 0) is 49.3 Å².